The first kappa shape index (κ1) is 114. The number of benzene rings is 6. The first-order valence-corrected chi connectivity index (χ1v) is 50.5. The number of imide groups is 2. The average molecular weight is 2050 g/mol. The average Bonchev–Trinajstić information content (AvgIpc) is 1.47. The number of likely N-dealkylation sites (N-methyl/N-ethyl adjacent to an activating group) is 3. The van der Waals surface area contributed by atoms with Crippen LogP contribution in [-0.4, -0.2) is 305 Å². The number of hydrogen-bond donors (Lipinski definition) is 7. The van der Waals surface area contributed by atoms with Crippen molar-refractivity contribution in [2.24, 2.45) is 5.73 Å². The van der Waals surface area contributed by atoms with Gasteiger partial charge in [-0.05, 0) is 189 Å². The molecule has 43 heteroatoms. The van der Waals surface area contributed by atoms with Gasteiger partial charge in [-0.15, -0.1) is 10.1 Å². The van der Waals surface area contributed by atoms with Gasteiger partial charge in [0.15, 0.2) is 43.8 Å². The molecule has 2 fully saturated rings. The summed E-state index contributed by atoms with van der Waals surface area (Å²) in [5, 5.41) is 45.7. The van der Waals surface area contributed by atoms with Gasteiger partial charge < -0.3 is 84.4 Å². The largest absolute Gasteiger partial charge is 0.382 e. The van der Waals surface area contributed by atoms with Crippen LogP contribution >= 0.6 is 69.6 Å². The van der Waals surface area contributed by atoms with Crippen LogP contribution in [0.4, 0.5) is 0 Å². The van der Waals surface area contributed by atoms with Crippen molar-refractivity contribution >= 4 is 147 Å². The Morgan fingerprint density at radius 3 is 1.16 bits per heavy atom. The van der Waals surface area contributed by atoms with E-state index in [1.54, 1.807) is 66.7 Å². The van der Waals surface area contributed by atoms with Crippen LogP contribution in [0.3, 0.4) is 0 Å². The Balaban J connectivity index is 0.000000311. The second-order valence-corrected chi connectivity index (χ2v) is 40.5. The van der Waals surface area contributed by atoms with Crippen LogP contribution in [0.15, 0.2) is 124 Å². The van der Waals surface area contributed by atoms with E-state index in [4.69, 9.17) is 99.0 Å². The number of sulfone groups is 2. The number of halogens is 6. The topological polar surface area (TPSA) is 454 Å². The number of nitrogens with two attached hydrogens (primary N) is 1. The molecule has 0 aromatic heterocycles. The van der Waals surface area contributed by atoms with Crippen molar-refractivity contribution in [2.45, 2.75) is 162 Å². The lowest BCUT2D eigenvalue weighted by Crippen LogP contribution is -2.47. The molecule has 134 heavy (non-hydrogen) atoms. The van der Waals surface area contributed by atoms with Gasteiger partial charge in [0.25, 0.3) is 29.5 Å². The van der Waals surface area contributed by atoms with Crippen LogP contribution < -0.4 is 15.8 Å². The van der Waals surface area contributed by atoms with E-state index in [1.807, 2.05) is 57.5 Å². The van der Waals surface area contributed by atoms with Crippen molar-refractivity contribution in [3.63, 3.8) is 0 Å². The van der Waals surface area contributed by atoms with Crippen LogP contribution in [0.25, 0.3) is 0 Å². The number of rotatable bonds is 45. The number of hydrogen-bond acceptors (Lipinski definition) is 30. The summed E-state index contributed by atoms with van der Waals surface area (Å²) in [5.41, 5.74) is 14.0. The van der Waals surface area contributed by atoms with Gasteiger partial charge >= 0.3 is 11.9 Å². The molecule has 34 nitrogen and oxygen atoms in total. The molecule has 7 unspecified atom stereocenters. The van der Waals surface area contributed by atoms with Gasteiger partial charge in [0.1, 0.15) is 6.10 Å². The summed E-state index contributed by atoms with van der Waals surface area (Å²) in [6.45, 7) is 17.5. The molecule has 11 rings (SSSR count). The first-order valence-electron chi connectivity index (χ1n) is 43.5. The molecule has 5 aliphatic heterocycles. The van der Waals surface area contributed by atoms with Gasteiger partial charge in [-0.2, -0.15) is 0 Å². The standard InChI is InChI=1S/C49H60Cl4N4O11S2.C23H30Cl2N2O4S.C12H12N2O10.C6H15N.CH4/c1-56-28-40(38-24-34(50)26-44(52)42(38)30-56)32-8-3-10-36(22-32)69(62,63)21-7-17-67-19-20-68-18-14-54-49(61)48(60)47(59)46(58)12-5-15-66-16-6-13-55-70(64,65)37-11-4-9-33(23-37)41-29-57(2)31-43-39(41)25-35(51)27-45(43)53;1-27-15-21(20-13-18(24)14-23(25)22(20)16-27)17-4-2-5-19(12-17)32(28,29)11-3-7-30-9-10-31-8-6-26;15-5-1-2-6(16)13(5)23-11(21)9(19)10(20)12(22)24-14-7(17)3-4-8(14)18;1-4-7(5-2)6-3;/h3-4,8-11,22-27,40-41,47-48,55,59-60H,5-7,12-21,28-31H2,1-2H3,(H,54,61);2,4-5,12-14,21H,3,6-11,15-16,26H2,1H3;9-10,19-20H,1-4H2;4-6H2,1-3H3;1H4. The zero-order valence-corrected chi connectivity index (χ0v) is 81.9. The van der Waals surface area contributed by atoms with Gasteiger partial charge in [-0.1, -0.05) is 134 Å². The summed E-state index contributed by atoms with van der Waals surface area (Å²) in [6.07, 6.45) is -8.59. The summed E-state index contributed by atoms with van der Waals surface area (Å²) < 4.78 is 109. The molecule has 7 atom stereocenters. The van der Waals surface area contributed by atoms with Gasteiger partial charge in [0, 0.05) is 165 Å². The number of aliphatic hydroxyl groups is 4. The number of hydroxylamine groups is 4. The van der Waals surface area contributed by atoms with Crippen LogP contribution in [0.5, 0.6) is 0 Å². The van der Waals surface area contributed by atoms with Crippen molar-refractivity contribution in [2.75, 3.05) is 158 Å². The van der Waals surface area contributed by atoms with Gasteiger partial charge in [-0.3, -0.25) is 28.8 Å². The molecule has 740 valence electrons. The van der Waals surface area contributed by atoms with E-state index in [-0.39, 0.29) is 154 Å². The van der Waals surface area contributed by atoms with E-state index in [2.05, 4.69) is 60.1 Å². The molecule has 8 N–H and O–H groups in total. The van der Waals surface area contributed by atoms with E-state index >= 15 is 0 Å². The molecule has 5 heterocycles. The molecule has 5 aliphatic rings. The van der Waals surface area contributed by atoms with Crippen LogP contribution in [0, 0.1) is 0 Å². The smallest absolute Gasteiger partial charge is 0.364 e. The minimum absolute atomic E-state index is 0. The Morgan fingerprint density at radius 2 is 0.791 bits per heavy atom. The zero-order chi connectivity index (χ0) is 97.4. The fourth-order valence-electron chi connectivity index (χ4n) is 15.1. The minimum Gasteiger partial charge on any atom is -0.382 e. The molecule has 0 bridgehead atoms. The number of nitrogens with one attached hydrogen (secondary N) is 2. The number of ether oxygens (including phenoxy) is 5. The maximum atomic E-state index is 13.3. The van der Waals surface area contributed by atoms with Crippen molar-refractivity contribution in [1.29, 1.82) is 0 Å². The van der Waals surface area contributed by atoms with Gasteiger partial charge in [0.2, 0.25) is 10.0 Å². The van der Waals surface area contributed by atoms with Gasteiger partial charge in [-0.25, -0.2) is 39.6 Å². The molecule has 2 saturated heterocycles. The summed E-state index contributed by atoms with van der Waals surface area (Å²) >= 11 is 38.4. The molecular formula is C91H121Cl6N9O25S3. The normalized spacial score (nSPS) is 17.3. The Labute approximate surface area is 813 Å². The number of ketones is 1. The number of amides is 5. The van der Waals surface area contributed by atoms with E-state index in [0.29, 0.717) is 107 Å². The second-order valence-electron chi connectivity index (χ2n) is 32.0. The predicted molar refractivity (Wildman–Crippen MR) is 505 cm³/mol. The number of carbonyl (C=O) groups excluding carboxylic acids is 8. The van der Waals surface area contributed by atoms with Crippen LogP contribution in [-0.2, 0) is 121 Å². The highest BCUT2D eigenvalue weighted by molar-refractivity contribution is 7.91. The highest BCUT2D eigenvalue weighted by atomic mass is 35.5. The van der Waals surface area contributed by atoms with Gasteiger partial charge in [0.05, 0.1) is 65.8 Å². The zero-order valence-electron chi connectivity index (χ0n) is 74.9. The Morgan fingerprint density at radius 1 is 0.448 bits per heavy atom. The summed E-state index contributed by atoms with van der Waals surface area (Å²) in [4.78, 5) is 111. The Bertz CT molecular complexity index is 5250. The van der Waals surface area contributed by atoms with Crippen molar-refractivity contribution in [3.8, 4) is 0 Å². The van der Waals surface area contributed by atoms with Crippen LogP contribution in [0.2, 0.25) is 30.1 Å². The lowest BCUT2D eigenvalue weighted by atomic mass is 9.85. The lowest BCUT2D eigenvalue weighted by Gasteiger charge is -2.33. The highest BCUT2D eigenvalue weighted by Gasteiger charge is 2.43. The fourth-order valence-corrected chi connectivity index (χ4v) is 20.6. The lowest BCUT2D eigenvalue weighted by molar-refractivity contribution is -0.216. The van der Waals surface area contributed by atoms with E-state index in [1.165, 1.54) is 25.7 Å². The molecular weight excluding hydrogens is 1930 g/mol. The third-order valence-corrected chi connectivity index (χ3v) is 28.8. The third kappa shape index (κ3) is 33.8. The van der Waals surface area contributed by atoms with E-state index < -0.39 is 101 Å². The Kier molecular flexibility index (Phi) is 47.0. The monoisotopic (exact) mass is 2050 g/mol. The molecule has 0 spiro atoms. The number of Topliss-reactive ketones (excluding diaryl/α,β-unsaturated/α-hetero) is 1. The summed E-state index contributed by atoms with van der Waals surface area (Å²) in [5.74, 6) is -8.63. The fraction of sp³-hybridized carbons (Fsp3) is 0.516. The van der Waals surface area contributed by atoms with Crippen molar-refractivity contribution in [1.82, 2.24) is 39.8 Å². The molecule has 5 amide bonds. The molecule has 0 radical (unpaired) electrons. The molecule has 0 aliphatic carbocycles. The maximum absolute atomic E-state index is 13.3. The van der Waals surface area contributed by atoms with Crippen molar-refractivity contribution < 1.29 is 117 Å². The quantitative estimate of drug-likeness (QED) is 0.0138. The molecule has 6 aromatic carbocycles. The maximum Gasteiger partial charge on any atom is 0.364 e. The third-order valence-electron chi connectivity index (χ3n) is 22.1. The number of fused-ring (bicyclic) bond motifs is 3. The summed E-state index contributed by atoms with van der Waals surface area (Å²) in [6, 6.07) is 31.9. The van der Waals surface area contributed by atoms with E-state index in [0.717, 1.165) is 63.2 Å². The molecule has 6 aromatic rings. The second kappa shape index (κ2) is 55.5. The SMILES string of the molecule is C.CCN(CC)CC.CN1Cc2c(Cl)cc(Cl)cc2C(c2cccc(S(=O)(=O)CCCOCCOCCN)c2)C1.CN1Cc2c(Cl)cc(Cl)cc2C(c2cccc(S(=O)(=O)CCCOCCOCCNC(=O)C(O)C(O)C(=O)CCCOCCCNS(=O)(=O)c3cccc(C4CN(C)Cc5c(Cl)cc(Cl)cc54)c3)c2)C1.O=C(ON1C(=O)CCC1=O)C(O)C(O)C(=O)ON1C(=O)CCC1=O. The number of nitrogens with zero attached hydrogens (tertiary/aromatic N) is 6. The highest BCUT2D eigenvalue weighted by Crippen LogP contribution is 2.43. The predicted octanol–water partition coefficient (Wildman–Crippen LogP) is 8.86. The minimum atomic E-state index is -3.83. The van der Waals surface area contributed by atoms with Crippen LogP contribution in [0.1, 0.15) is 154 Å². The first-order chi connectivity index (χ1) is 63.2. The molecule has 0 saturated carbocycles. The number of aliphatic hydroxyl groups excluding tert-OH is 4. The summed E-state index contributed by atoms with van der Waals surface area (Å²) in [7, 11) is -4.84. The number of carbonyl (C=O) groups is 8. The Hall–Kier alpha value is -7.33. The van der Waals surface area contributed by atoms with E-state index in [9.17, 15) is 84.0 Å². The van der Waals surface area contributed by atoms with Crippen molar-refractivity contribution in [3.05, 3.63) is 189 Å². The number of sulfonamides is 1.